The minimum Gasteiger partial charge on any atom is -0.497 e. The van der Waals surface area contributed by atoms with Crippen LogP contribution in [0.25, 0.3) is 20.7 Å². The highest BCUT2D eigenvalue weighted by molar-refractivity contribution is 7.99. The number of aromatic nitrogens is 2. The number of hydrogen-bond donors (Lipinski definition) is 1. The molecule has 3 aromatic heterocycles. The minimum absolute atomic E-state index is 0.0207. The predicted octanol–water partition coefficient (Wildman–Crippen LogP) is 4.61. The number of thiophene rings is 2. The number of nitrogens with one attached hydrogen (secondary N) is 1. The molecule has 9 heteroatoms. The van der Waals surface area contributed by atoms with E-state index in [1.165, 1.54) is 23.1 Å². The zero-order chi connectivity index (χ0) is 21.8. The maximum atomic E-state index is 12.7. The maximum absolute atomic E-state index is 12.7. The van der Waals surface area contributed by atoms with Crippen LogP contribution in [0.4, 0.5) is 0 Å². The fourth-order valence-electron chi connectivity index (χ4n) is 3.15. The zero-order valence-electron chi connectivity index (χ0n) is 17.1. The van der Waals surface area contributed by atoms with Gasteiger partial charge in [-0.3, -0.25) is 9.59 Å². The van der Waals surface area contributed by atoms with E-state index in [0.717, 1.165) is 26.6 Å². The molecule has 0 bridgehead atoms. The molecule has 0 saturated heterocycles. The summed E-state index contributed by atoms with van der Waals surface area (Å²) in [7, 11) is 3.41. The van der Waals surface area contributed by atoms with E-state index in [0.29, 0.717) is 29.3 Å². The van der Waals surface area contributed by atoms with Gasteiger partial charge in [-0.25, -0.2) is 4.98 Å². The van der Waals surface area contributed by atoms with Crippen molar-refractivity contribution in [3.8, 4) is 16.2 Å². The SMILES string of the molecule is COc1cccc(CN(C)C(=O)CSCc2nc3scc(-c4cccs4)c3c(=O)[nH]2)c1. The van der Waals surface area contributed by atoms with Crippen molar-refractivity contribution >= 4 is 50.6 Å². The Morgan fingerprint density at radius 1 is 1.26 bits per heavy atom. The fraction of sp³-hybridized carbons (Fsp3) is 0.227. The Kier molecular flexibility index (Phi) is 6.74. The third kappa shape index (κ3) is 5.00. The molecule has 6 nitrogen and oxygen atoms in total. The number of H-pyrrole nitrogens is 1. The number of methoxy groups -OCH3 is 1. The summed E-state index contributed by atoms with van der Waals surface area (Å²) in [5.41, 5.74) is 1.81. The number of nitrogens with zero attached hydrogens (tertiary/aromatic N) is 2. The highest BCUT2D eigenvalue weighted by atomic mass is 32.2. The van der Waals surface area contributed by atoms with Crippen LogP contribution in [0, 0.1) is 0 Å². The first kappa shape index (κ1) is 21.6. The van der Waals surface area contributed by atoms with Crippen LogP contribution in [0.1, 0.15) is 11.4 Å². The smallest absolute Gasteiger partial charge is 0.260 e. The first-order valence-electron chi connectivity index (χ1n) is 9.54. The van der Waals surface area contributed by atoms with Gasteiger partial charge in [-0.1, -0.05) is 18.2 Å². The highest BCUT2D eigenvalue weighted by Crippen LogP contribution is 2.33. The second-order valence-corrected chi connectivity index (χ2v) is 9.70. The van der Waals surface area contributed by atoms with Gasteiger partial charge in [-0.15, -0.1) is 34.4 Å². The summed E-state index contributed by atoms with van der Waals surface area (Å²) in [6, 6.07) is 11.7. The zero-order valence-corrected chi connectivity index (χ0v) is 19.5. The number of carbonyl (C=O) groups excluding carboxylic acids is 1. The van der Waals surface area contributed by atoms with Crippen LogP contribution in [-0.2, 0) is 17.1 Å². The predicted molar refractivity (Wildman–Crippen MR) is 129 cm³/mol. The van der Waals surface area contributed by atoms with Crippen molar-refractivity contribution in [2.24, 2.45) is 0 Å². The van der Waals surface area contributed by atoms with Crippen LogP contribution in [-0.4, -0.2) is 40.7 Å². The molecule has 0 spiro atoms. The Balaban J connectivity index is 1.37. The molecule has 0 unspecified atom stereocenters. The van der Waals surface area contributed by atoms with Gasteiger partial charge in [-0.05, 0) is 29.1 Å². The number of fused-ring (bicyclic) bond motifs is 1. The van der Waals surface area contributed by atoms with Crippen LogP contribution in [0.5, 0.6) is 5.75 Å². The number of hydrogen-bond acceptors (Lipinski definition) is 7. The van der Waals surface area contributed by atoms with Gasteiger partial charge in [0.1, 0.15) is 16.4 Å². The van der Waals surface area contributed by atoms with Crippen LogP contribution in [0.2, 0.25) is 0 Å². The Morgan fingerprint density at radius 3 is 2.90 bits per heavy atom. The number of carbonyl (C=O) groups is 1. The molecule has 1 N–H and O–H groups in total. The van der Waals surface area contributed by atoms with E-state index in [1.54, 1.807) is 30.4 Å². The first-order valence-corrected chi connectivity index (χ1v) is 12.5. The van der Waals surface area contributed by atoms with E-state index in [9.17, 15) is 9.59 Å². The van der Waals surface area contributed by atoms with Gasteiger partial charge in [0.05, 0.1) is 24.0 Å². The average molecular weight is 472 g/mol. The lowest BCUT2D eigenvalue weighted by atomic mass is 10.2. The molecular weight excluding hydrogens is 450 g/mol. The molecule has 0 atom stereocenters. The van der Waals surface area contributed by atoms with Gasteiger partial charge < -0.3 is 14.6 Å². The Hall–Kier alpha value is -2.62. The number of amides is 1. The van der Waals surface area contributed by atoms with E-state index >= 15 is 0 Å². The molecule has 31 heavy (non-hydrogen) atoms. The molecule has 0 aliphatic carbocycles. The lowest BCUT2D eigenvalue weighted by Gasteiger charge is -2.17. The number of ether oxygens (including phenoxy) is 1. The van der Waals surface area contributed by atoms with Crippen molar-refractivity contribution in [1.29, 1.82) is 0 Å². The monoisotopic (exact) mass is 471 g/mol. The standard InChI is InChI=1S/C22H21N3O3S3/c1-25(10-14-5-3-6-15(9-14)28-2)19(26)13-29-12-18-23-21(27)20-16(11-31-22(20)24-18)17-7-4-8-30-17/h3-9,11H,10,12-13H2,1-2H3,(H,23,24,27). The van der Waals surface area contributed by atoms with Crippen molar-refractivity contribution in [3.05, 3.63) is 68.9 Å². The number of benzene rings is 1. The summed E-state index contributed by atoms with van der Waals surface area (Å²) < 4.78 is 5.23. The summed E-state index contributed by atoms with van der Waals surface area (Å²) in [5.74, 6) is 2.16. The van der Waals surface area contributed by atoms with Gasteiger partial charge >= 0.3 is 0 Å². The second kappa shape index (κ2) is 9.67. The molecule has 1 aromatic carbocycles. The minimum atomic E-state index is -0.133. The molecule has 4 rings (SSSR count). The van der Waals surface area contributed by atoms with Crippen LogP contribution in [0.15, 0.2) is 52.0 Å². The Labute approximate surface area is 191 Å². The summed E-state index contributed by atoms with van der Waals surface area (Å²) in [6.45, 7) is 0.512. The van der Waals surface area contributed by atoms with Crippen LogP contribution < -0.4 is 10.3 Å². The largest absolute Gasteiger partial charge is 0.497 e. The van der Waals surface area contributed by atoms with E-state index < -0.39 is 0 Å². The quantitative estimate of drug-likeness (QED) is 0.406. The lowest BCUT2D eigenvalue weighted by molar-refractivity contribution is -0.127. The van der Waals surface area contributed by atoms with Crippen molar-refractivity contribution in [2.45, 2.75) is 12.3 Å². The van der Waals surface area contributed by atoms with Gasteiger partial charge in [0, 0.05) is 29.4 Å². The van der Waals surface area contributed by atoms with Crippen LogP contribution >= 0.6 is 34.4 Å². The maximum Gasteiger partial charge on any atom is 0.260 e. The van der Waals surface area contributed by atoms with Crippen molar-refractivity contribution < 1.29 is 9.53 Å². The molecule has 0 saturated carbocycles. The number of aromatic amines is 1. The van der Waals surface area contributed by atoms with E-state index in [-0.39, 0.29) is 11.5 Å². The molecule has 3 heterocycles. The van der Waals surface area contributed by atoms with Gasteiger partial charge in [0.25, 0.3) is 5.56 Å². The molecule has 160 valence electrons. The van der Waals surface area contributed by atoms with E-state index in [4.69, 9.17) is 4.74 Å². The molecule has 1 amide bonds. The van der Waals surface area contributed by atoms with Crippen molar-refractivity contribution in [2.75, 3.05) is 19.9 Å². The third-order valence-corrected chi connectivity index (χ3v) is 7.43. The molecule has 0 aliphatic rings. The van der Waals surface area contributed by atoms with Gasteiger partial charge in [-0.2, -0.15) is 0 Å². The molecule has 4 aromatic rings. The van der Waals surface area contributed by atoms with Gasteiger partial charge in [0.15, 0.2) is 0 Å². The Bertz CT molecular complexity index is 1250. The normalized spacial score (nSPS) is 11.0. The topological polar surface area (TPSA) is 75.3 Å². The van der Waals surface area contributed by atoms with Crippen molar-refractivity contribution in [1.82, 2.24) is 14.9 Å². The Morgan fingerprint density at radius 2 is 2.13 bits per heavy atom. The molecular formula is C22H21N3O3S3. The molecule has 0 fully saturated rings. The number of rotatable bonds is 8. The first-order chi connectivity index (χ1) is 15.0. The lowest BCUT2D eigenvalue weighted by Crippen LogP contribution is -2.27. The average Bonchev–Trinajstić information content (AvgIpc) is 3.43. The van der Waals surface area contributed by atoms with Crippen LogP contribution in [0.3, 0.4) is 0 Å². The molecule has 0 aliphatic heterocycles. The van der Waals surface area contributed by atoms with E-state index in [1.807, 2.05) is 47.2 Å². The van der Waals surface area contributed by atoms with E-state index in [2.05, 4.69) is 9.97 Å². The summed E-state index contributed by atoms with van der Waals surface area (Å²) in [4.78, 5) is 36.1. The second-order valence-electron chi connectivity index (χ2n) is 6.91. The fourth-order valence-corrected chi connectivity index (χ4v) is 5.76. The summed E-state index contributed by atoms with van der Waals surface area (Å²) in [6.07, 6.45) is 0. The number of thioether (sulfide) groups is 1. The van der Waals surface area contributed by atoms with Crippen molar-refractivity contribution in [3.63, 3.8) is 0 Å². The van der Waals surface area contributed by atoms with Gasteiger partial charge in [0.2, 0.25) is 5.91 Å². The highest BCUT2D eigenvalue weighted by Gasteiger charge is 2.15. The summed E-state index contributed by atoms with van der Waals surface area (Å²) >= 11 is 4.51. The molecule has 0 radical (unpaired) electrons. The summed E-state index contributed by atoms with van der Waals surface area (Å²) in [5, 5.41) is 4.61. The third-order valence-electron chi connectivity index (χ3n) is 4.72.